The number of carbonyl (C=O) groups is 1. The molecule has 0 saturated carbocycles. The number of benzene rings is 2. The average Bonchev–Trinajstić information content (AvgIpc) is 3.14. The molecule has 0 aliphatic carbocycles. The molecular weight excluding hydrogens is 368 g/mol. The molecule has 0 unspecified atom stereocenters. The molecule has 6 nitrogen and oxygen atoms in total. The van der Waals surface area contributed by atoms with E-state index < -0.39 is 17.5 Å². The summed E-state index contributed by atoms with van der Waals surface area (Å²) >= 11 is 0. The Bertz CT molecular complexity index is 1020. The first-order chi connectivity index (χ1) is 13.5. The Morgan fingerprint density at radius 1 is 1.07 bits per heavy atom. The molecule has 0 aliphatic rings. The van der Waals surface area contributed by atoms with Crippen molar-refractivity contribution in [3.63, 3.8) is 0 Å². The fourth-order valence-electron chi connectivity index (χ4n) is 2.76. The van der Waals surface area contributed by atoms with Crippen LogP contribution in [0.2, 0.25) is 0 Å². The van der Waals surface area contributed by atoms with Crippen LogP contribution in [-0.2, 0) is 6.54 Å². The standard InChI is InChI=1S/C20H19F2N3O3/c1-4-25-18(14-7-6-13(27-2)10-19(14)28-3)11-17(24-25)20(26)23-12-5-8-15(21)16(22)9-12/h5-11H,4H2,1-3H3,(H,23,26). The van der Waals surface area contributed by atoms with Crippen molar-refractivity contribution in [1.29, 1.82) is 0 Å². The Balaban J connectivity index is 1.94. The molecule has 1 aromatic heterocycles. The van der Waals surface area contributed by atoms with Gasteiger partial charge in [0.25, 0.3) is 5.91 Å². The SMILES string of the molecule is CCn1nc(C(=O)Nc2ccc(F)c(F)c2)cc1-c1ccc(OC)cc1OC. The largest absolute Gasteiger partial charge is 0.497 e. The highest BCUT2D eigenvalue weighted by Crippen LogP contribution is 2.33. The Morgan fingerprint density at radius 3 is 2.50 bits per heavy atom. The van der Waals surface area contributed by atoms with Gasteiger partial charge in [0, 0.05) is 29.9 Å². The minimum atomic E-state index is -1.04. The maximum absolute atomic E-state index is 13.4. The number of amides is 1. The van der Waals surface area contributed by atoms with Gasteiger partial charge in [-0.15, -0.1) is 0 Å². The fourth-order valence-corrected chi connectivity index (χ4v) is 2.76. The molecule has 1 amide bonds. The number of rotatable bonds is 6. The van der Waals surface area contributed by atoms with Gasteiger partial charge < -0.3 is 14.8 Å². The summed E-state index contributed by atoms with van der Waals surface area (Å²) in [6, 6.07) is 10.1. The summed E-state index contributed by atoms with van der Waals surface area (Å²) in [4.78, 5) is 12.5. The molecule has 1 N–H and O–H groups in total. The second kappa shape index (κ2) is 8.08. The molecular formula is C20H19F2N3O3. The number of nitrogens with one attached hydrogen (secondary N) is 1. The van der Waals surface area contributed by atoms with Crippen LogP contribution in [0.25, 0.3) is 11.3 Å². The van der Waals surface area contributed by atoms with E-state index in [0.29, 0.717) is 23.7 Å². The van der Waals surface area contributed by atoms with Gasteiger partial charge in [-0.1, -0.05) is 0 Å². The van der Waals surface area contributed by atoms with Gasteiger partial charge in [0.2, 0.25) is 0 Å². The lowest BCUT2D eigenvalue weighted by molar-refractivity contribution is 0.102. The van der Waals surface area contributed by atoms with Gasteiger partial charge in [0.05, 0.1) is 19.9 Å². The molecule has 8 heteroatoms. The first-order valence-corrected chi connectivity index (χ1v) is 8.53. The summed E-state index contributed by atoms with van der Waals surface area (Å²) < 4.78 is 38.7. The second-order valence-corrected chi connectivity index (χ2v) is 5.88. The van der Waals surface area contributed by atoms with Crippen molar-refractivity contribution in [2.24, 2.45) is 0 Å². The highest BCUT2D eigenvalue weighted by Gasteiger charge is 2.18. The Hall–Kier alpha value is -3.42. The van der Waals surface area contributed by atoms with Crippen molar-refractivity contribution in [3.8, 4) is 22.8 Å². The number of hydrogen-bond acceptors (Lipinski definition) is 4. The van der Waals surface area contributed by atoms with Gasteiger partial charge in [-0.05, 0) is 37.3 Å². The van der Waals surface area contributed by atoms with Gasteiger partial charge in [-0.25, -0.2) is 8.78 Å². The third-order valence-electron chi connectivity index (χ3n) is 4.17. The topological polar surface area (TPSA) is 65.4 Å². The van der Waals surface area contributed by atoms with Crippen LogP contribution in [0.5, 0.6) is 11.5 Å². The monoisotopic (exact) mass is 387 g/mol. The molecule has 0 radical (unpaired) electrons. The minimum Gasteiger partial charge on any atom is -0.497 e. The van der Waals surface area contributed by atoms with Crippen molar-refractivity contribution >= 4 is 11.6 Å². The number of methoxy groups -OCH3 is 2. The molecule has 3 aromatic rings. The van der Waals surface area contributed by atoms with Crippen molar-refractivity contribution in [1.82, 2.24) is 9.78 Å². The molecule has 28 heavy (non-hydrogen) atoms. The van der Waals surface area contributed by atoms with Crippen LogP contribution >= 0.6 is 0 Å². The van der Waals surface area contributed by atoms with Crippen molar-refractivity contribution < 1.29 is 23.0 Å². The summed E-state index contributed by atoms with van der Waals surface area (Å²) in [7, 11) is 3.10. The van der Waals surface area contributed by atoms with Crippen molar-refractivity contribution in [2.45, 2.75) is 13.5 Å². The Labute approximate surface area is 160 Å². The second-order valence-electron chi connectivity index (χ2n) is 5.88. The first kappa shape index (κ1) is 19.3. The zero-order valence-electron chi connectivity index (χ0n) is 15.6. The van der Waals surface area contributed by atoms with E-state index in [1.165, 1.54) is 6.07 Å². The minimum absolute atomic E-state index is 0.138. The van der Waals surface area contributed by atoms with E-state index in [0.717, 1.165) is 17.7 Å². The summed E-state index contributed by atoms with van der Waals surface area (Å²) in [5.41, 5.74) is 1.69. The zero-order valence-corrected chi connectivity index (χ0v) is 15.6. The molecule has 0 bridgehead atoms. The average molecular weight is 387 g/mol. The summed E-state index contributed by atoms with van der Waals surface area (Å²) in [6.07, 6.45) is 0. The van der Waals surface area contributed by atoms with E-state index >= 15 is 0 Å². The number of aromatic nitrogens is 2. The van der Waals surface area contributed by atoms with Crippen LogP contribution in [0.4, 0.5) is 14.5 Å². The van der Waals surface area contributed by atoms with Crippen LogP contribution in [0, 0.1) is 11.6 Å². The molecule has 146 valence electrons. The molecule has 0 spiro atoms. The van der Waals surface area contributed by atoms with Crippen LogP contribution in [0.1, 0.15) is 17.4 Å². The van der Waals surface area contributed by atoms with Gasteiger partial charge in [-0.2, -0.15) is 5.10 Å². The van der Waals surface area contributed by atoms with E-state index in [-0.39, 0.29) is 11.4 Å². The number of ether oxygens (including phenoxy) is 2. The molecule has 0 aliphatic heterocycles. The molecule has 2 aromatic carbocycles. The van der Waals surface area contributed by atoms with Gasteiger partial charge in [0.15, 0.2) is 17.3 Å². The smallest absolute Gasteiger partial charge is 0.276 e. The number of anilines is 1. The van der Waals surface area contributed by atoms with E-state index in [2.05, 4.69) is 10.4 Å². The van der Waals surface area contributed by atoms with Crippen molar-refractivity contribution in [2.75, 3.05) is 19.5 Å². The van der Waals surface area contributed by atoms with Crippen LogP contribution in [0.3, 0.4) is 0 Å². The number of aryl methyl sites for hydroxylation is 1. The van der Waals surface area contributed by atoms with Gasteiger partial charge >= 0.3 is 0 Å². The van der Waals surface area contributed by atoms with Crippen molar-refractivity contribution in [3.05, 3.63) is 59.8 Å². The van der Waals surface area contributed by atoms with E-state index in [1.807, 2.05) is 13.0 Å². The van der Waals surface area contributed by atoms with E-state index in [9.17, 15) is 13.6 Å². The van der Waals surface area contributed by atoms with Crippen LogP contribution < -0.4 is 14.8 Å². The molecule has 0 fully saturated rings. The maximum atomic E-state index is 13.4. The third-order valence-corrected chi connectivity index (χ3v) is 4.17. The van der Waals surface area contributed by atoms with Gasteiger partial charge in [0.1, 0.15) is 11.5 Å². The lowest BCUT2D eigenvalue weighted by Gasteiger charge is -2.11. The lowest BCUT2D eigenvalue weighted by Crippen LogP contribution is -2.13. The predicted molar refractivity (Wildman–Crippen MR) is 101 cm³/mol. The Morgan fingerprint density at radius 2 is 1.86 bits per heavy atom. The van der Waals surface area contributed by atoms with Crippen LogP contribution in [-0.4, -0.2) is 29.9 Å². The number of carbonyl (C=O) groups excluding carboxylic acids is 1. The third kappa shape index (κ3) is 3.80. The number of nitrogens with zero attached hydrogens (tertiary/aromatic N) is 2. The summed E-state index contributed by atoms with van der Waals surface area (Å²) in [5.74, 6) is -1.35. The Kier molecular flexibility index (Phi) is 5.58. The molecule has 3 rings (SSSR count). The maximum Gasteiger partial charge on any atom is 0.276 e. The summed E-state index contributed by atoms with van der Waals surface area (Å²) in [6.45, 7) is 2.41. The van der Waals surface area contributed by atoms with Gasteiger partial charge in [-0.3, -0.25) is 9.48 Å². The predicted octanol–water partition coefficient (Wildman–Crippen LogP) is 4.12. The molecule has 0 saturated heterocycles. The summed E-state index contributed by atoms with van der Waals surface area (Å²) in [5, 5.41) is 6.83. The first-order valence-electron chi connectivity index (χ1n) is 8.53. The molecule has 0 atom stereocenters. The van der Waals surface area contributed by atoms with E-state index in [1.54, 1.807) is 37.1 Å². The van der Waals surface area contributed by atoms with E-state index in [4.69, 9.17) is 9.47 Å². The normalized spacial score (nSPS) is 10.6. The lowest BCUT2D eigenvalue weighted by atomic mass is 10.1. The zero-order chi connectivity index (χ0) is 20.3. The van der Waals surface area contributed by atoms with Crippen LogP contribution in [0.15, 0.2) is 42.5 Å². The molecule has 1 heterocycles. The number of hydrogen-bond donors (Lipinski definition) is 1. The number of halogens is 2. The quantitative estimate of drug-likeness (QED) is 0.691. The highest BCUT2D eigenvalue weighted by molar-refractivity contribution is 6.03. The fraction of sp³-hybridized carbons (Fsp3) is 0.200. The highest BCUT2D eigenvalue weighted by atomic mass is 19.2.